The molecule has 184 valence electrons. The summed E-state index contributed by atoms with van der Waals surface area (Å²) in [5.41, 5.74) is 5.13. The molecule has 10 heteroatoms. The van der Waals surface area contributed by atoms with Crippen molar-refractivity contribution in [2.45, 2.75) is 51.6 Å². The molecular weight excluding hydrogens is 485 g/mol. The van der Waals surface area contributed by atoms with Crippen LogP contribution >= 0.6 is 24.8 Å². The molecule has 0 bridgehead atoms. The minimum Gasteiger partial charge on any atom is -0.324 e. The number of rotatable bonds is 5. The summed E-state index contributed by atoms with van der Waals surface area (Å²) in [5.74, 6) is 1.69. The Morgan fingerprint density at radius 2 is 1.91 bits per heavy atom. The molecule has 0 saturated heterocycles. The third kappa shape index (κ3) is 4.66. The van der Waals surface area contributed by atoms with Gasteiger partial charge in [-0.3, -0.25) is 4.79 Å². The Balaban J connectivity index is 0.00000144. The summed E-state index contributed by atoms with van der Waals surface area (Å²) in [5, 5.41) is 7.23. The minimum atomic E-state index is -0.106. The summed E-state index contributed by atoms with van der Waals surface area (Å²) in [6.07, 6.45) is 5.01. The Labute approximate surface area is 216 Å². The van der Waals surface area contributed by atoms with Crippen molar-refractivity contribution in [2.24, 2.45) is 0 Å². The molecule has 1 aromatic carbocycles. The SMILES string of the molecule is CC(C)n1c(=O)c2cnc(Nc3ccc4c(c3)CNCC4)nc2n1-c1cccc(C2CC2)n1.Cl.Cl. The van der Waals surface area contributed by atoms with Crippen LogP contribution in [0.15, 0.2) is 47.4 Å². The Kier molecular flexibility index (Phi) is 7.17. The first-order valence-electron chi connectivity index (χ1n) is 11.7. The highest BCUT2D eigenvalue weighted by Gasteiger charge is 2.26. The van der Waals surface area contributed by atoms with Crippen LogP contribution in [-0.4, -0.2) is 30.9 Å². The number of benzene rings is 1. The molecule has 2 aliphatic rings. The van der Waals surface area contributed by atoms with Crippen LogP contribution in [-0.2, 0) is 13.0 Å². The maximum absolute atomic E-state index is 13.2. The van der Waals surface area contributed by atoms with Gasteiger partial charge < -0.3 is 10.6 Å². The van der Waals surface area contributed by atoms with Gasteiger partial charge in [0.15, 0.2) is 11.5 Å². The molecule has 4 aromatic rings. The monoisotopic (exact) mass is 513 g/mol. The van der Waals surface area contributed by atoms with E-state index in [1.807, 2.05) is 30.7 Å². The van der Waals surface area contributed by atoms with Crippen molar-refractivity contribution in [1.82, 2.24) is 29.6 Å². The molecule has 0 amide bonds. The summed E-state index contributed by atoms with van der Waals surface area (Å²) in [6.45, 7) is 5.87. The van der Waals surface area contributed by atoms with Gasteiger partial charge in [-0.15, -0.1) is 24.8 Å². The number of hydrogen-bond donors (Lipinski definition) is 2. The van der Waals surface area contributed by atoms with Gasteiger partial charge >= 0.3 is 0 Å². The largest absolute Gasteiger partial charge is 0.324 e. The van der Waals surface area contributed by atoms with Gasteiger partial charge in [-0.05, 0) is 75.0 Å². The minimum absolute atomic E-state index is 0. The number of fused-ring (bicyclic) bond motifs is 2. The zero-order valence-electron chi connectivity index (χ0n) is 19.7. The van der Waals surface area contributed by atoms with Crippen molar-refractivity contribution in [1.29, 1.82) is 0 Å². The number of halogens is 2. The number of hydrogen-bond acceptors (Lipinski definition) is 6. The van der Waals surface area contributed by atoms with Gasteiger partial charge in [0, 0.05) is 36.1 Å². The summed E-state index contributed by atoms with van der Waals surface area (Å²) in [4.78, 5) is 27.4. The van der Waals surface area contributed by atoms with Crippen LogP contribution in [0.3, 0.4) is 0 Å². The Hall–Kier alpha value is -2.94. The van der Waals surface area contributed by atoms with E-state index in [2.05, 4.69) is 39.9 Å². The average Bonchev–Trinajstić information content (AvgIpc) is 3.63. The molecule has 3 aromatic heterocycles. The molecule has 0 radical (unpaired) electrons. The highest BCUT2D eigenvalue weighted by atomic mass is 35.5. The van der Waals surface area contributed by atoms with Crippen LogP contribution in [0, 0.1) is 0 Å². The van der Waals surface area contributed by atoms with E-state index < -0.39 is 0 Å². The summed E-state index contributed by atoms with van der Waals surface area (Å²) in [6, 6.07) is 12.3. The van der Waals surface area contributed by atoms with Gasteiger partial charge in [-0.25, -0.2) is 19.3 Å². The van der Waals surface area contributed by atoms with Crippen LogP contribution in [0.5, 0.6) is 0 Å². The summed E-state index contributed by atoms with van der Waals surface area (Å²) >= 11 is 0. The van der Waals surface area contributed by atoms with Crippen LogP contribution in [0.4, 0.5) is 11.6 Å². The predicted octanol–water partition coefficient (Wildman–Crippen LogP) is 4.67. The van der Waals surface area contributed by atoms with Crippen LogP contribution in [0.1, 0.15) is 55.5 Å². The van der Waals surface area contributed by atoms with E-state index >= 15 is 0 Å². The predicted molar refractivity (Wildman–Crippen MR) is 143 cm³/mol. The molecule has 0 unspecified atom stereocenters. The first kappa shape index (κ1) is 25.2. The molecule has 4 heterocycles. The smallest absolute Gasteiger partial charge is 0.278 e. The van der Waals surface area contributed by atoms with Crippen molar-refractivity contribution < 1.29 is 0 Å². The molecule has 6 rings (SSSR count). The van der Waals surface area contributed by atoms with Gasteiger partial charge in [0.2, 0.25) is 5.95 Å². The van der Waals surface area contributed by atoms with E-state index in [1.54, 1.807) is 10.9 Å². The van der Waals surface area contributed by atoms with Crippen molar-refractivity contribution in [2.75, 3.05) is 11.9 Å². The second-order valence-corrected chi connectivity index (χ2v) is 9.22. The zero-order chi connectivity index (χ0) is 22.5. The second kappa shape index (κ2) is 9.97. The normalized spacial score (nSPS) is 14.8. The maximum atomic E-state index is 13.2. The lowest BCUT2D eigenvalue weighted by molar-refractivity contribution is 0.471. The highest BCUT2D eigenvalue weighted by Crippen LogP contribution is 2.39. The molecular formula is C25H29Cl2N7O. The van der Waals surface area contributed by atoms with Crippen molar-refractivity contribution in [3.8, 4) is 5.82 Å². The number of anilines is 2. The van der Waals surface area contributed by atoms with E-state index in [-0.39, 0.29) is 36.4 Å². The average molecular weight is 514 g/mol. The lowest BCUT2D eigenvalue weighted by Crippen LogP contribution is -2.24. The van der Waals surface area contributed by atoms with Crippen molar-refractivity contribution >= 4 is 47.5 Å². The molecule has 1 fully saturated rings. The molecule has 2 N–H and O–H groups in total. The number of pyridine rings is 1. The van der Waals surface area contributed by atoms with Crippen molar-refractivity contribution in [3.63, 3.8) is 0 Å². The van der Waals surface area contributed by atoms with Crippen LogP contribution in [0.25, 0.3) is 16.9 Å². The lowest BCUT2D eigenvalue weighted by Gasteiger charge is -2.18. The van der Waals surface area contributed by atoms with Gasteiger partial charge in [0.05, 0.1) is 0 Å². The first-order chi connectivity index (χ1) is 16.1. The fourth-order valence-corrected chi connectivity index (χ4v) is 4.60. The van der Waals surface area contributed by atoms with E-state index in [9.17, 15) is 4.79 Å². The van der Waals surface area contributed by atoms with Crippen LogP contribution < -0.4 is 16.2 Å². The highest BCUT2D eigenvalue weighted by molar-refractivity contribution is 5.85. The fourth-order valence-electron chi connectivity index (χ4n) is 4.60. The molecule has 8 nitrogen and oxygen atoms in total. The zero-order valence-corrected chi connectivity index (χ0v) is 21.3. The van der Waals surface area contributed by atoms with E-state index in [1.165, 1.54) is 24.0 Å². The Morgan fingerprint density at radius 3 is 2.69 bits per heavy atom. The number of nitrogens with zero attached hydrogens (tertiary/aromatic N) is 5. The topological polar surface area (TPSA) is 89.7 Å². The third-order valence-corrected chi connectivity index (χ3v) is 6.43. The van der Waals surface area contributed by atoms with Gasteiger partial charge in [-0.1, -0.05) is 12.1 Å². The van der Waals surface area contributed by atoms with Crippen molar-refractivity contribution in [3.05, 3.63) is 69.8 Å². The molecule has 1 aliphatic heterocycles. The number of nitrogens with one attached hydrogen (secondary N) is 2. The Bertz CT molecular complexity index is 1430. The van der Waals surface area contributed by atoms with E-state index in [0.29, 0.717) is 28.7 Å². The molecule has 1 saturated carbocycles. The molecule has 35 heavy (non-hydrogen) atoms. The lowest BCUT2D eigenvalue weighted by atomic mass is 10.0. The van der Waals surface area contributed by atoms with Gasteiger partial charge in [-0.2, -0.15) is 4.98 Å². The maximum Gasteiger partial charge on any atom is 0.278 e. The molecule has 0 atom stereocenters. The molecule has 0 spiro atoms. The Morgan fingerprint density at radius 1 is 1.09 bits per heavy atom. The molecule has 1 aliphatic carbocycles. The number of aromatic nitrogens is 5. The fraction of sp³-hybridized carbons (Fsp3) is 0.360. The first-order valence-corrected chi connectivity index (χ1v) is 11.7. The standard InChI is InChI=1S/C25H27N7O.2ClH/c1-15(2)31-24(33)20-14-27-25(28-19-9-8-16-10-11-26-13-18(16)12-19)30-23(20)32(31)22-5-3-4-21(29-22)17-6-7-17;;/h3-5,8-9,12,14-15,17,26H,6-7,10-11,13H2,1-2H3,(H,27,28,30);2*1H. The van der Waals surface area contributed by atoms with Gasteiger partial charge in [0.1, 0.15) is 5.39 Å². The quantitative estimate of drug-likeness (QED) is 0.403. The van der Waals surface area contributed by atoms with E-state index in [0.717, 1.165) is 30.9 Å². The summed E-state index contributed by atoms with van der Waals surface area (Å²) in [7, 11) is 0. The van der Waals surface area contributed by atoms with E-state index in [4.69, 9.17) is 9.97 Å². The summed E-state index contributed by atoms with van der Waals surface area (Å²) < 4.78 is 3.56. The third-order valence-electron chi connectivity index (χ3n) is 6.43. The van der Waals surface area contributed by atoms with Gasteiger partial charge in [0.25, 0.3) is 5.56 Å². The van der Waals surface area contributed by atoms with Crippen LogP contribution in [0.2, 0.25) is 0 Å². The second-order valence-electron chi connectivity index (χ2n) is 9.22.